The van der Waals surface area contributed by atoms with E-state index in [1.54, 1.807) is 0 Å². The van der Waals surface area contributed by atoms with Crippen molar-refractivity contribution in [2.75, 3.05) is 16.4 Å². The van der Waals surface area contributed by atoms with Gasteiger partial charge in [0.25, 0.3) is 0 Å². The third-order valence-electron chi connectivity index (χ3n) is 2.38. The zero-order chi connectivity index (χ0) is 13.3. The van der Waals surface area contributed by atoms with Crippen LogP contribution < -0.4 is 4.90 Å². The fourth-order valence-corrected chi connectivity index (χ4v) is 2.49. The quantitative estimate of drug-likeness (QED) is 0.836. The summed E-state index contributed by atoms with van der Waals surface area (Å²) in [6, 6.07) is 3.92. The van der Waals surface area contributed by atoms with Gasteiger partial charge in [0, 0.05) is 0 Å². The summed E-state index contributed by atoms with van der Waals surface area (Å²) in [5, 5.41) is 9.07. The van der Waals surface area contributed by atoms with Gasteiger partial charge in [-0.05, 0) is 18.2 Å². The summed E-state index contributed by atoms with van der Waals surface area (Å²) in [7, 11) is 0. The van der Waals surface area contributed by atoms with Crippen LogP contribution >= 0.6 is 23.4 Å². The number of nitrogens with zero attached hydrogens (tertiary/aromatic N) is 1. The fourth-order valence-electron chi connectivity index (χ4n) is 1.58. The van der Waals surface area contributed by atoms with Crippen LogP contribution in [0.3, 0.4) is 0 Å². The van der Waals surface area contributed by atoms with E-state index in [9.17, 15) is 14.4 Å². The van der Waals surface area contributed by atoms with E-state index >= 15 is 0 Å². The van der Waals surface area contributed by atoms with E-state index in [1.807, 2.05) is 0 Å². The van der Waals surface area contributed by atoms with E-state index in [0.717, 1.165) is 4.90 Å². The second kappa shape index (κ2) is 4.99. The first-order chi connectivity index (χ1) is 8.50. The lowest BCUT2D eigenvalue weighted by molar-refractivity contribution is -0.124. The van der Waals surface area contributed by atoms with Crippen LogP contribution in [0, 0.1) is 0 Å². The summed E-state index contributed by atoms with van der Waals surface area (Å²) < 4.78 is 0. The first-order valence-electron chi connectivity index (χ1n) is 4.97. The molecule has 1 N–H and O–H groups in total. The maximum atomic E-state index is 11.7. The van der Waals surface area contributed by atoms with Crippen LogP contribution in [0.4, 0.5) is 5.69 Å². The number of carboxylic acid groups (broad SMARTS) is 1. The molecule has 5 nitrogen and oxygen atoms in total. The Morgan fingerprint density at radius 1 is 1.28 bits per heavy atom. The molecule has 0 atom stereocenters. The van der Waals surface area contributed by atoms with Crippen LogP contribution in [-0.2, 0) is 9.59 Å². The summed E-state index contributed by atoms with van der Waals surface area (Å²) in [6.45, 7) is 0. The highest BCUT2D eigenvalue weighted by atomic mass is 35.5. The molecular formula is C11H8ClNO4S. The Balaban J connectivity index is 2.48. The topological polar surface area (TPSA) is 74.7 Å². The second-order valence-electron chi connectivity index (χ2n) is 3.59. The predicted molar refractivity (Wildman–Crippen MR) is 68.2 cm³/mol. The first-order valence-corrected chi connectivity index (χ1v) is 6.50. The number of carboxylic acids is 1. The largest absolute Gasteiger partial charge is 0.478 e. The third kappa shape index (κ3) is 2.34. The number of amides is 2. The Bertz CT molecular complexity index is 530. The molecule has 94 valence electrons. The summed E-state index contributed by atoms with van der Waals surface area (Å²) in [5.41, 5.74) is 0.111. The van der Waals surface area contributed by atoms with Crippen LogP contribution in [0.2, 0.25) is 5.02 Å². The van der Waals surface area contributed by atoms with E-state index < -0.39 is 5.97 Å². The molecule has 7 heteroatoms. The first kappa shape index (κ1) is 12.9. The van der Waals surface area contributed by atoms with Gasteiger partial charge >= 0.3 is 5.97 Å². The zero-order valence-electron chi connectivity index (χ0n) is 9.05. The van der Waals surface area contributed by atoms with Crippen molar-refractivity contribution < 1.29 is 19.5 Å². The molecule has 0 aliphatic carbocycles. The van der Waals surface area contributed by atoms with Gasteiger partial charge in [-0.3, -0.25) is 9.59 Å². The van der Waals surface area contributed by atoms with Gasteiger partial charge in [0.1, 0.15) is 0 Å². The van der Waals surface area contributed by atoms with Crippen LogP contribution in [0.15, 0.2) is 18.2 Å². The van der Waals surface area contributed by atoms with Crippen molar-refractivity contribution in [1.82, 2.24) is 0 Å². The molecule has 0 radical (unpaired) electrons. The van der Waals surface area contributed by atoms with Crippen LogP contribution in [-0.4, -0.2) is 34.4 Å². The van der Waals surface area contributed by atoms with Crippen LogP contribution in [0.25, 0.3) is 0 Å². The zero-order valence-corrected chi connectivity index (χ0v) is 10.6. The van der Waals surface area contributed by atoms with Gasteiger partial charge in [-0.2, -0.15) is 0 Å². The number of anilines is 1. The molecule has 18 heavy (non-hydrogen) atoms. The molecule has 0 spiro atoms. The molecule has 1 heterocycles. The molecule has 2 rings (SSSR count). The standard InChI is InChI=1S/C11H8ClNO4S/c12-7-2-1-6(11(16)17)3-8(7)13-9(14)4-18-5-10(13)15/h1-3H,4-5H2,(H,16,17). The highest BCUT2D eigenvalue weighted by Gasteiger charge is 2.29. The second-order valence-corrected chi connectivity index (χ2v) is 4.98. The number of hydrogen-bond acceptors (Lipinski definition) is 4. The average Bonchev–Trinajstić information content (AvgIpc) is 2.30. The number of carbonyl (C=O) groups is 3. The smallest absolute Gasteiger partial charge is 0.335 e. The molecule has 0 unspecified atom stereocenters. The van der Waals surface area contributed by atoms with Gasteiger partial charge in [-0.1, -0.05) is 11.6 Å². The average molecular weight is 286 g/mol. The van der Waals surface area contributed by atoms with E-state index in [0.29, 0.717) is 0 Å². The molecule has 0 bridgehead atoms. The van der Waals surface area contributed by atoms with E-state index in [2.05, 4.69) is 0 Å². The Labute approximate surface area is 112 Å². The normalized spacial score (nSPS) is 15.9. The van der Waals surface area contributed by atoms with Crippen LogP contribution in [0.5, 0.6) is 0 Å². The Morgan fingerprint density at radius 2 is 1.89 bits per heavy atom. The van der Waals surface area contributed by atoms with Crippen molar-refractivity contribution in [3.63, 3.8) is 0 Å². The molecular weight excluding hydrogens is 278 g/mol. The minimum Gasteiger partial charge on any atom is -0.478 e. The number of aromatic carboxylic acids is 1. The number of imide groups is 1. The van der Waals surface area contributed by atoms with E-state index in [1.165, 1.54) is 30.0 Å². The van der Waals surface area contributed by atoms with Gasteiger partial charge in [0.2, 0.25) is 11.8 Å². The molecule has 0 aromatic heterocycles. The molecule has 1 fully saturated rings. The van der Waals surface area contributed by atoms with Gasteiger partial charge in [0.05, 0.1) is 27.8 Å². The number of thioether (sulfide) groups is 1. The number of hydrogen-bond donors (Lipinski definition) is 1. The van der Waals surface area contributed by atoms with E-state index in [4.69, 9.17) is 16.7 Å². The molecule has 1 aliphatic rings. The molecule has 1 saturated heterocycles. The lowest BCUT2D eigenvalue weighted by Crippen LogP contribution is -2.43. The van der Waals surface area contributed by atoms with Gasteiger partial charge in [-0.25, -0.2) is 9.69 Å². The number of rotatable bonds is 2. The molecule has 2 amide bonds. The van der Waals surface area contributed by atoms with Crippen molar-refractivity contribution >= 4 is 46.8 Å². The minimum absolute atomic E-state index is 0.0202. The summed E-state index contributed by atoms with van der Waals surface area (Å²) in [5.74, 6) is -1.56. The van der Waals surface area contributed by atoms with E-state index in [-0.39, 0.29) is 39.6 Å². The Morgan fingerprint density at radius 3 is 2.44 bits per heavy atom. The molecule has 1 aliphatic heterocycles. The highest BCUT2D eigenvalue weighted by molar-refractivity contribution is 8.00. The van der Waals surface area contributed by atoms with Gasteiger partial charge in [0.15, 0.2) is 0 Å². The van der Waals surface area contributed by atoms with Crippen LogP contribution in [0.1, 0.15) is 10.4 Å². The SMILES string of the molecule is O=C(O)c1ccc(Cl)c(N2C(=O)CSCC2=O)c1. The van der Waals surface area contributed by atoms with Gasteiger partial charge in [-0.15, -0.1) is 11.8 Å². The maximum absolute atomic E-state index is 11.7. The summed E-state index contributed by atoms with van der Waals surface area (Å²) >= 11 is 7.14. The summed E-state index contributed by atoms with van der Waals surface area (Å²) in [4.78, 5) is 35.3. The predicted octanol–water partition coefficient (Wildman–Crippen LogP) is 1.64. The summed E-state index contributed by atoms with van der Waals surface area (Å²) in [6.07, 6.45) is 0. The fraction of sp³-hybridized carbons (Fsp3) is 0.182. The molecule has 1 aromatic carbocycles. The van der Waals surface area contributed by atoms with Crippen molar-refractivity contribution in [3.05, 3.63) is 28.8 Å². The lowest BCUT2D eigenvalue weighted by Gasteiger charge is -2.25. The monoisotopic (exact) mass is 285 g/mol. The molecule has 0 saturated carbocycles. The van der Waals surface area contributed by atoms with Crippen molar-refractivity contribution in [2.45, 2.75) is 0 Å². The highest BCUT2D eigenvalue weighted by Crippen LogP contribution is 2.30. The molecule has 1 aromatic rings. The Kier molecular flexibility index (Phi) is 3.58. The van der Waals surface area contributed by atoms with Crippen molar-refractivity contribution in [3.8, 4) is 0 Å². The van der Waals surface area contributed by atoms with Crippen molar-refractivity contribution in [2.24, 2.45) is 0 Å². The third-order valence-corrected chi connectivity index (χ3v) is 3.61. The number of benzene rings is 1. The van der Waals surface area contributed by atoms with Gasteiger partial charge < -0.3 is 5.11 Å². The lowest BCUT2D eigenvalue weighted by atomic mass is 10.2. The number of carbonyl (C=O) groups excluding carboxylic acids is 2. The van der Waals surface area contributed by atoms with Crippen molar-refractivity contribution in [1.29, 1.82) is 0 Å². The minimum atomic E-state index is -1.14. The maximum Gasteiger partial charge on any atom is 0.335 e. The Hall–Kier alpha value is -1.53. The number of halogens is 1.